The number of hydrogen-bond donors (Lipinski definition) is 1. The van der Waals surface area contributed by atoms with Crippen LogP contribution < -0.4 is 10.9 Å². The molecule has 1 N–H and O–H groups in total. The van der Waals surface area contributed by atoms with E-state index in [1.54, 1.807) is 12.3 Å². The molecular weight excluding hydrogens is 290 g/mol. The molecule has 0 saturated carbocycles. The van der Waals surface area contributed by atoms with E-state index in [1.165, 1.54) is 10.6 Å². The summed E-state index contributed by atoms with van der Waals surface area (Å²) in [5.74, 6) is -0.415. The molecular formula is C18H17N3O2. The standard InChI is InChI=1S/C18H17N3O2/c1-12-7-8-16-19-10-15(18(23)21(16)11-12)17(22)20-9-14-6-4-3-5-13(14)2/h3-8,10-11H,9H2,1-2H3,(H,20,22). The van der Waals surface area contributed by atoms with Crippen molar-refractivity contribution in [2.45, 2.75) is 20.4 Å². The number of benzene rings is 1. The number of carbonyl (C=O) groups is 1. The van der Waals surface area contributed by atoms with Crippen molar-refractivity contribution in [2.75, 3.05) is 0 Å². The minimum absolute atomic E-state index is 0.0432. The Hall–Kier alpha value is -2.95. The fourth-order valence-electron chi connectivity index (χ4n) is 2.42. The highest BCUT2D eigenvalue weighted by Gasteiger charge is 2.13. The molecule has 1 amide bonds. The Morgan fingerprint density at radius 1 is 1.17 bits per heavy atom. The quantitative estimate of drug-likeness (QED) is 0.807. The van der Waals surface area contributed by atoms with Gasteiger partial charge in [-0.15, -0.1) is 0 Å². The lowest BCUT2D eigenvalue weighted by Crippen LogP contribution is -2.31. The minimum Gasteiger partial charge on any atom is -0.348 e. The Morgan fingerprint density at radius 3 is 2.74 bits per heavy atom. The van der Waals surface area contributed by atoms with Gasteiger partial charge in [-0.25, -0.2) is 4.98 Å². The average molecular weight is 307 g/mol. The molecule has 5 heteroatoms. The van der Waals surface area contributed by atoms with Gasteiger partial charge < -0.3 is 5.32 Å². The van der Waals surface area contributed by atoms with Gasteiger partial charge in [-0.05, 0) is 36.6 Å². The first-order chi connectivity index (χ1) is 11.1. The van der Waals surface area contributed by atoms with Gasteiger partial charge in [0.25, 0.3) is 11.5 Å². The van der Waals surface area contributed by atoms with Crippen molar-refractivity contribution in [1.82, 2.24) is 14.7 Å². The maximum Gasteiger partial charge on any atom is 0.270 e. The first-order valence-corrected chi connectivity index (χ1v) is 7.37. The Bertz CT molecular complexity index is 944. The van der Waals surface area contributed by atoms with Crippen molar-refractivity contribution in [3.63, 3.8) is 0 Å². The van der Waals surface area contributed by atoms with Crippen molar-refractivity contribution in [2.24, 2.45) is 0 Å². The predicted octanol–water partition coefficient (Wildman–Crippen LogP) is 2.24. The summed E-state index contributed by atoms with van der Waals surface area (Å²) in [6, 6.07) is 11.4. The monoisotopic (exact) mass is 307 g/mol. The topological polar surface area (TPSA) is 63.5 Å². The number of rotatable bonds is 3. The number of amides is 1. The molecule has 0 saturated heterocycles. The second-order valence-corrected chi connectivity index (χ2v) is 5.52. The number of hydrogen-bond acceptors (Lipinski definition) is 3. The van der Waals surface area contributed by atoms with E-state index in [-0.39, 0.29) is 11.1 Å². The van der Waals surface area contributed by atoms with E-state index in [1.807, 2.05) is 44.2 Å². The fourth-order valence-corrected chi connectivity index (χ4v) is 2.42. The van der Waals surface area contributed by atoms with E-state index in [0.29, 0.717) is 12.2 Å². The molecule has 0 radical (unpaired) electrons. The van der Waals surface area contributed by atoms with Gasteiger partial charge in [0, 0.05) is 18.9 Å². The van der Waals surface area contributed by atoms with Gasteiger partial charge in [0.2, 0.25) is 0 Å². The normalized spacial score (nSPS) is 10.7. The summed E-state index contributed by atoms with van der Waals surface area (Å²) in [4.78, 5) is 29.0. The fraction of sp³-hybridized carbons (Fsp3) is 0.167. The molecule has 0 spiro atoms. The maximum absolute atomic E-state index is 12.5. The molecule has 0 aliphatic carbocycles. The van der Waals surface area contributed by atoms with Gasteiger partial charge in [0.05, 0.1) is 0 Å². The highest BCUT2D eigenvalue weighted by atomic mass is 16.2. The molecule has 0 atom stereocenters. The van der Waals surface area contributed by atoms with Crippen molar-refractivity contribution in [1.29, 1.82) is 0 Å². The molecule has 0 aliphatic rings. The Labute approximate surface area is 133 Å². The number of pyridine rings is 1. The number of nitrogens with one attached hydrogen (secondary N) is 1. The Kier molecular flexibility index (Phi) is 3.93. The summed E-state index contributed by atoms with van der Waals surface area (Å²) >= 11 is 0. The van der Waals surface area contributed by atoms with Crippen LogP contribution in [0.25, 0.3) is 5.65 Å². The molecule has 1 aromatic carbocycles. The second-order valence-electron chi connectivity index (χ2n) is 5.52. The van der Waals surface area contributed by atoms with Crippen LogP contribution in [0.1, 0.15) is 27.0 Å². The highest BCUT2D eigenvalue weighted by molar-refractivity contribution is 5.93. The maximum atomic E-state index is 12.5. The van der Waals surface area contributed by atoms with Crippen LogP contribution >= 0.6 is 0 Å². The first kappa shape index (κ1) is 15.0. The van der Waals surface area contributed by atoms with Gasteiger partial charge >= 0.3 is 0 Å². The third-order valence-corrected chi connectivity index (χ3v) is 3.80. The van der Waals surface area contributed by atoms with E-state index < -0.39 is 5.91 Å². The SMILES string of the molecule is Cc1ccc2ncc(C(=O)NCc3ccccc3C)c(=O)n2c1. The predicted molar refractivity (Wildman–Crippen MR) is 88.5 cm³/mol. The molecule has 3 aromatic rings. The van der Waals surface area contributed by atoms with Crippen LogP contribution in [0.15, 0.2) is 53.6 Å². The summed E-state index contributed by atoms with van der Waals surface area (Å²) in [7, 11) is 0. The molecule has 0 aliphatic heterocycles. The number of nitrogens with zero attached hydrogens (tertiary/aromatic N) is 2. The van der Waals surface area contributed by atoms with Crippen LogP contribution in [0.5, 0.6) is 0 Å². The second kappa shape index (κ2) is 6.04. The Balaban J connectivity index is 1.88. The lowest BCUT2D eigenvalue weighted by Gasteiger charge is -2.08. The summed E-state index contributed by atoms with van der Waals surface area (Å²) in [6.45, 7) is 4.25. The average Bonchev–Trinajstić information content (AvgIpc) is 2.55. The minimum atomic E-state index is -0.415. The summed E-state index contributed by atoms with van der Waals surface area (Å²) in [6.07, 6.45) is 3.02. The van der Waals surface area contributed by atoms with Gasteiger partial charge in [-0.2, -0.15) is 0 Å². The Morgan fingerprint density at radius 2 is 1.96 bits per heavy atom. The smallest absolute Gasteiger partial charge is 0.270 e. The molecule has 2 heterocycles. The van der Waals surface area contributed by atoms with Crippen LogP contribution in [0.4, 0.5) is 0 Å². The van der Waals surface area contributed by atoms with Gasteiger partial charge in [0.15, 0.2) is 0 Å². The van der Waals surface area contributed by atoms with Crippen molar-refractivity contribution >= 4 is 11.6 Å². The van der Waals surface area contributed by atoms with Crippen LogP contribution in [-0.2, 0) is 6.54 Å². The highest BCUT2D eigenvalue weighted by Crippen LogP contribution is 2.07. The number of aryl methyl sites for hydroxylation is 2. The lowest BCUT2D eigenvalue weighted by molar-refractivity contribution is 0.0949. The van der Waals surface area contributed by atoms with Crippen LogP contribution in [0.3, 0.4) is 0 Å². The van der Waals surface area contributed by atoms with Crippen LogP contribution in [0, 0.1) is 13.8 Å². The number of fused-ring (bicyclic) bond motifs is 1. The lowest BCUT2D eigenvalue weighted by atomic mass is 10.1. The first-order valence-electron chi connectivity index (χ1n) is 7.37. The zero-order chi connectivity index (χ0) is 16.4. The summed E-state index contributed by atoms with van der Waals surface area (Å²) in [5.41, 5.74) is 3.25. The van der Waals surface area contributed by atoms with Crippen molar-refractivity contribution < 1.29 is 4.79 Å². The molecule has 0 fully saturated rings. The molecule has 0 bridgehead atoms. The largest absolute Gasteiger partial charge is 0.348 e. The summed E-state index contributed by atoms with van der Waals surface area (Å²) in [5, 5.41) is 2.78. The molecule has 23 heavy (non-hydrogen) atoms. The van der Waals surface area contributed by atoms with E-state index in [9.17, 15) is 9.59 Å². The van der Waals surface area contributed by atoms with Crippen molar-refractivity contribution in [3.8, 4) is 0 Å². The van der Waals surface area contributed by atoms with E-state index in [0.717, 1.165) is 16.7 Å². The van der Waals surface area contributed by atoms with Crippen LogP contribution in [-0.4, -0.2) is 15.3 Å². The van der Waals surface area contributed by atoms with E-state index >= 15 is 0 Å². The molecule has 3 rings (SSSR count). The zero-order valence-electron chi connectivity index (χ0n) is 13.0. The zero-order valence-corrected chi connectivity index (χ0v) is 13.0. The third-order valence-electron chi connectivity index (χ3n) is 3.80. The van der Waals surface area contributed by atoms with Crippen molar-refractivity contribution in [3.05, 3.63) is 81.4 Å². The molecule has 5 nitrogen and oxygen atoms in total. The molecule has 116 valence electrons. The third kappa shape index (κ3) is 2.99. The van der Waals surface area contributed by atoms with Crippen LogP contribution in [0.2, 0.25) is 0 Å². The van der Waals surface area contributed by atoms with Gasteiger partial charge in [-0.1, -0.05) is 30.3 Å². The van der Waals surface area contributed by atoms with Gasteiger partial charge in [-0.3, -0.25) is 14.0 Å². The molecule has 2 aromatic heterocycles. The molecule has 0 unspecified atom stereocenters. The summed E-state index contributed by atoms with van der Waals surface area (Å²) < 4.78 is 1.40. The number of carbonyl (C=O) groups excluding carboxylic acids is 1. The number of aromatic nitrogens is 2. The van der Waals surface area contributed by atoms with Gasteiger partial charge in [0.1, 0.15) is 11.2 Å². The van der Waals surface area contributed by atoms with E-state index in [4.69, 9.17) is 0 Å². The van der Waals surface area contributed by atoms with E-state index in [2.05, 4.69) is 10.3 Å².